The van der Waals surface area contributed by atoms with Gasteiger partial charge in [0.05, 0.1) is 12.6 Å². The van der Waals surface area contributed by atoms with Gasteiger partial charge in [-0.25, -0.2) is 4.79 Å². The van der Waals surface area contributed by atoms with Gasteiger partial charge in [0.25, 0.3) is 10.0 Å². The van der Waals surface area contributed by atoms with Gasteiger partial charge in [-0.05, 0) is 25.0 Å². The van der Waals surface area contributed by atoms with Gasteiger partial charge in [0.2, 0.25) is 0 Å². The first kappa shape index (κ1) is 22.0. The molecule has 0 aliphatic heterocycles. The van der Waals surface area contributed by atoms with E-state index < -0.39 is 21.0 Å². The molecule has 0 aliphatic rings. The maximum Gasteiger partial charge on any atom is 0.424 e. The van der Waals surface area contributed by atoms with Crippen LogP contribution in [0.15, 0.2) is 71.8 Å². The van der Waals surface area contributed by atoms with Crippen molar-refractivity contribution >= 4 is 16.1 Å². The fourth-order valence-corrected chi connectivity index (χ4v) is 3.35. The summed E-state index contributed by atoms with van der Waals surface area (Å²) in [6.07, 6.45) is -0.563. The van der Waals surface area contributed by atoms with E-state index in [1.807, 2.05) is 6.07 Å². The molecule has 8 heteroatoms. The smallest absolute Gasteiger partial charge is 0.424 e. The summed E-state index contributed by atoms with van der Waals surface area (Å²) < 4.78 is 36.9. The van der Waals surface area contributed by atoms with Crippen LogP contribution in [0, 0.1) is 11.3 Å². The zero-order chi connectivity index (χ0) is 21.3. The molecule has 0 radical (unpaired) electrons. The van der Waals surface area contributed by atoms with Crippen molar-refractivity contribution in [3.63, 3.8) is 0 Å². The van der Waals surface area contributed by atoms with Gasteiger partial charge in [-0.3, -0.25) is 0 Å². The minimum atomic E-state index is -4.48. The molecule has 0 unspecified atom stereocenters. The first-order valence-electron chi connectivity index (χ1n) is 8.87. The number of amides is 1. The zero-order valence-corrected chi connectivity index (χ0v) is 17.0. The van der Waals surface area contributed by atoms with Crippen LogP contribution in [-0.4, -0.2) is 24.9 Å². The summed E-state index contributed by atoms with van der Waals surface area (Å²) in [5.41, 5.74) is 1.27. The molecule has 2 aromatic rings. The van der Waals surface area contributed by atoms with Crippen molar-refractivity contribution in [3.8, 4) is 6.07 Å². The topological polar surface area (TPSA) is 96.7 Å². The third-order valence-corrected chi connectivity index (χ3v) is 5.31. The lowest BCUT2D eigenvalue weighted by Gasteiger charge is -2.21. The van der Waals surface area contributed by atoms with Gasteiger partial charge < -0.3 is 9.47 Å². The number of carbonyl (C=O) groups is 1. The van der Waals surface area contributed by atoms with E-state index in [0.29, 0.717) is 15.4 Å². The maximum absolute atomic E-state index is 13.0. The lowest BCUT2D eigenvalue weighted by molar-refractivity contribution is 0.118. The van der Waals surface area contributed by atoms with Crippen LogP contribution in [0.5, 0.6) is 0 Å². The van der Waals surface area contributed by atoms with Crippen LogP contribution in [0.3, 0.4) is 0 Å². The molecule has 0 saturated heterocycles. The highest BCUT2D eigenvalue weighted by atomic mass is 32.2. The predicted octanol–water partition coefficient (Wildman–Crippen LogP) is 3.95. The molecular formula is C21H22N2O5S. The zero-order valence-electron chi connectivity index (χ0n) is 16.2. The molecule has 2 rings (SSSR count). The molecule has 0 heterocycles. The van der Waals surface area contributed by atoms with Crippen molar-refractivity contribution in [2.24, 2.45) is 0 Å². The standard InChI is InChI=1S/C21H22N2O5S/c1-17(2)27-16-20(13-22)29(25,26)23(14-18-9-5-3-6-10-18)21(24)28-15-19-11-7-4-8-12-19/h3-12,16-17H,14-15H2,1-2H3/b20-16+. The second-order valence-electron chi connectivity index (χ2n) is 6.32. The van der Waals surface area contributed by atoms with Gasteiger partial charge in [0.15, 0.2) is 4.91 Å². The first-order chi connectivity index (χ1) is 13.8. The van der Waals surface area contributed by atoms with Crippen LogP contribution >= 0.6 is 0 Å². The summed E-state index contributed by atoms with van der Waals surface area (Å²) >= 11 is 0. The third-order valence-electron chi connectivity index (χ3n) is 3.70. The number of allylic oxidation sites excluding steroid dienone is 1. The Labute approximate surface area is 170 Å². The summed E-state index contributed by atoms with van der Waals surface area (Å²) in [7, 11) is -4.48. The van der Waals surface area contributed by atoms with Crippen molar-refractivity contribution in [2.75, 3.05) is 0 Å². The van der Waals surface area contributed by atoms with Gasteiger partial charge in [0.1, 0.15) is 18.9 Å². The van der Waals surface area contributed by atoms with Crippen LogP contribution in [0.25, 0.3) is 0 Å². The number of benzene rings is 2. The minimum absolute atomic E-state index is 0.103. The molecule has 152 valence electrons. The number of nitrogens with zero attached hydrogens (tertiary/aromatic N) is 2. The summed E-state index contributed by atoms with van der Waals surface area (Å²) in [5, 5.41) is 9.32. The van der Waals surface area contributed by atoms with E-state index in [0.717, 1.165) is 6.26 Å². The highest BCUT2D eigenvalue weighted by Gasteiger charge is 2.33. The summed E-state index contributed by atoms with van der Waals surface area (Å²) in [6.45, 7) is 2.99. The second-order valence-corrected chi connectivity index (χ2v) is 8.15. The number of rotatable bonds is 8. The van der Waals surface area contributed by atoms with Crippen molar-refractivity contribution in [3.05, 3.63) is 83.0 Å². The van der Waals surface area contributed by atoms with Gasteiger partial charge in [-0.2, -0.15) is 18.0 Å². The second kappa shape index (κ2) is 10.3. The van der Waals surface area contributed by atoms with Crippen molar-refractivity contribution < 1.29 is 22.7 Å². The molecule has 29 heavy (non-hydrogen) atoms. The van der Waals surface area contributed by atoms with Gasteiger partial charge in [-0.1, -0.05) is 60.7 Å². The highest BCUT2D eigenvalue weighted by molar-refractivity contribution is 7.93. The van der Waals surface area contributed by atoms with Crippen molar-refractivity contribution in [1.29, 1.82) is 5.26 Å². The molecule has 0 bridgehead atoms. The molecule has 0 saturated carbocycles. The van der Waals surface area contributed by atoms with E-state index in [1.165, 1.54) is 0 Å². The molecule has 0 aliphatic carbocycles. The Morgan fingerprint density at radius 3 is 2.14 bits per heavy atom. The van der Waals surface area contributed by atoms with E-state index in [2.05, 4.69) is 0 Å². The first-order valence-corrected chi connectivity index (χ1v) is 10.3. The van der Waals surface area contributed by atoms with Gasteiger partial charge >= 0.3 is 6.09 Å². The van der Waals surface area contributed by atoms with Crippen LogP contribution < -0.4 is 0 Å². The Morgan fingerprint density at radius 1 is 1.07 bits per heavy atom. The molecule has 7 nitrogen and oxygen atoms in total. The Bertz CT molecular complexity index is 981. The molecule has 0 atom stereocenters. The lowest BCUT2D eigenvalue weighted by atomic mass is 10.2. The number of hydrogen-bond donors (Lipinski definition) is 0. The molecule has 0 spiro atoms. The van der Waals surface area contributed by atoms with Crippen LogP contribution in [-0.2, 0) is 32.6 Å². The van der Waals surface area contributed by atoms with E-state index in [-0.39, 0.29) is 19.3 Å². The number of carbonyl (C=O) groups excluding carboxylic acids is 1. The average molecular weight is 414 g/mol. The Morgan fingerprint density at radius 2 is 1.62 bits per heavy atom. The normalized spacial score (nSPS) is 11.6. The molecule has 2 aromatic carbocycles. The SMILES string of the molecule is CC(C)O/C=C(\C#N)S(=O)(=O)N(Cc1ccccc1)C(=O)OCc1ccccc1. The van der Waals surface area contributed by atoms with E-state index >= 15 is 0 Å². The number of ether oxygens (including phenoxy) is 2. The summed E-state index contributed by atoms with van der Waals surface area (Å²) in [4.78, 5) is 12.0. The third kappa shape index (κ3) is 6.36. The number of nitriles is 1. The molecule has 0 aromatic heterocycles. The van der Waals surface area contributed by atoms with Gasteiger partial charge in [0, 0.05) is 0 Å². The van der Waals surface area contributed by atoms with E-state index in [9.17, 15) is 18.5 Å². The Hall–Kier alpha value is -3.31. The monoisotopic (exact) mass is 414 g/mol. The molecule has 0 N–H and O–H groups in total. The van der Waals surface area contributed by atoms with Crippen molar-refractivity contribution in [2.45, 2.75) is 33.1 Å². The fourth-order valence-electron chi connectivity index (χ4n) is 2.25. The lowest BCUT2D eigenvalue weighted by Crippen LogP contribution is -2.37. The van der Waals surface area contributed by atoms with E-state index in [4.69, 9.17) is 9.47 Å². The largest absolute Gasteiger partial charge is 0.496 e. The fraction of sp³-hybridized carbons (Fsp3) is 0.238. The Balaban J connectivity index is 2.31. The van der Waals surface area contributed by atoms with Gasteiger partial charge in [-0.15, -0.1) is 0 Å². The number of hydrogen-bond acceptors (Lipinski definition) is 6. The highest BCUT2D eigenvalue weighted by Crippen LogP contribution is 2.19. The van der Waals surface area contributed by atoms with Crippen LogP contribution in [0.2, 0.25) is 0 Å². The summed E-state index contributed by atoms with van der Waals surface area (Å²) in [6, 6.07) is 19.0. The maximum atomic E-state index is 13.0. The average Bonchev–Trinajstić information content (AvgIpc) is 2.71. The molecule has 1 amide bonds. The Kier molecular flexibility index (Phi) is 7.80. The predicted molar refractivity (Wildman–Crippen MR) is 107 cm³/mol. The summed E-state index contributed by atoms with van der Waals surface area (Å²) in [5.74, 6) is 0. The van der Waals surface area contributed by atoms with Crippen LogP contribution in [0.1, 0.15) is 25.0 Å². The molecular weight excluding hydrogens is 392 g/mol. The molecule has 0 fully saturated rings. The van der Waals surface area contributed by atoms with Crippen molar-refractivity contribution in [1.82, 2.24) is 4.31 Å². The van der Waals surface area contributed by atoms with E-state index in [1.54, 1.807) is 74.5 Å². The quantitative estimate of drug-likeness (QED) is 0.479. The number of sulfonamides is 1. The van der Waals surface area contributed by atoms with Crippen LogP contribution in [0.4, 0.5) is 4.79 Å². The minimum Gasteiger partial charge on any atom is -0.496 e.